The first-order chi connectivity index (χ1) is 14.1. The Morgan fingerprint density at radius 2 is 2.00 bits per heavy atom. The molecule has 0 radical (unpaired) electrons. The number of hydrogen-bond acceptors (Lipinski definition) is 5. The second kappa shape index (κ2) is 9.68. The zero-order valence-corrected chi connectivity index (χ0v) is 19.7. The molecule has 162 valence electrons. The molecule has 0 saturated carbocycles. The molecule has 0 spiro atoms. The number of carbonyl (C=O) groups excluding carboxylic acids is 1. The molecule has 0 saturated heterocycles. The van der Waals surface area contributed by atoms with E-state index in [1.165, 1.54) is 4.31 Å². The van der Waals surface area contributed by atoms with E-state index in [-0.39, 0.29) is 12.5 Å². The van der Waals surface area contributed by atoms with Crippen molar-refractivity contribution in [3.8, 4) is 5.75 Å². The van der Waals surface area contributed by atoms with E-state index >= 15 is 0 Å². The third-order valence-electron chi connectivity index (χ3n) is 4.48. The van der Waals surface area contributed by atoms with Crippen LogP contribution in [0.2, 0.25) is 10.0 Å². The summed E-state index contributed by atoms with van der Waals surface area (Å²) in [6.45, 7) is 2.25. The molecule has 10 heteroatoms. The molecular weight excluding hydrogens is 467 g/mol. The summed E-state index contributed by atoms with van der Waals surface area (Å²) < 4.78 is 31.4. The van der Waals surface area contributed by atoms with Crippen molar-refractivity contribution in [3.05, 3.63) is 57.6 Å². The Kier molecular flexibility index (Phi) is 7.44. The number of amides is 1. The molecule has 1 atom stereocenters. The highest BCUT2D eigenvalue weighted by Gasteiger charge is 2.34. The van der Waals surface area contributed by atoms with E-state index in [9.17, 15) is 13.2 Å². The van der Waals surface area contributed by atoms with Gasteiger partial charge < -0.3 is 10.1 Å². The van der Waals surface area contributed by atoms with Crippen LogP contribution in [0, 0.1) is 6.92 Å². The smallest absolute Gasteiger partial charge is 0.263 e. The fourth-order valence-corrected chi connectivity index (χ4v) is 5.02. The predicted molar refractivity (Wildman–Crippen MR) is 123 cm³/mol. The highest BCUT2D eigenvalue weighted by molar-refractivity contribution is 7.98. The number of fused-ring (bicyclic) bond motifs is 1. The van der Waals surface area contributed by atoms with Crippen molar-refractivity contribution in [2.24, 2.45) is 0 Å². The highest BCUT2D eigenvalue weighted by atomic mass is 35.5. The zero-order valence-electron chi connectivity index (χ0n) is 16.5. The van der Waals surface area contributed by atoms with Crippen molar-refractivity contribution >= 4 is 56.6 Å². The van der Waals surface area contributed by atoms with Crippen molar-refractivity contribution in [1.82, 2.24) is 5.32 Å². The number of nitrogens with one attached hydrogen (secondary N) is 1. The number of anilines is 1. The summed E-state index contributed by atoms with van der Waals surface area (Å²) in [5, 5.41) is 3.86. The average Bonchev–Trinajstić information content (AvgIpc) is 2.68. The zero-order chi connectivity index (χ0) is 21.9. The Balaban J connectivity index is 1.54. The van der Waals surface area contributed by atoms with Crippen molar-refractivity contribution in [1.29, 1.82) is 0 Å². The standard InChI is InChI=1S/C20H22Cl2N2O4S2/c1-13-3-6-18-17(9-13)24(30(2,26)27)11-19(28-18)20(25)23-7-8-29-12-14-4-5-15(21)16(22)10-14/h3-6,9-10,19H,7-8,11-12H2,1-2H3,(H,23,25). The van der Waals surface area contributed by atoms with Gasteiger partial charge in [-0.05, 0) is 42.3 Å². The van der Waals surface area contributed by atoms with Gasteiger partial charge >= 0.3 is 0 Å². The lowest BCUT2D eigenvalue weighted by molar-refractivity contribution is -0.127. The maximum absolute atomic E-state index is 12.6. The third-order valence-corrected chi connectivity index (χ3v) is 7.39. The minimum atomic E-state index is -3.54. The van der Waals surface area contributed by atoms with Crippen LogP contribution in [0.25, 0.3) is 0 Å². The summed E-state index contributed by atoms with van der Waals surface area (Å²) in [5.74, 6) is 1.46. The Morgan fingerprint density at radius 1 is 1.23 bits per heavy atom. The lowest BCUT2D eigenvalue weighted by atomic mass is 10.1. The van der Waals surface area contributed by atoms with Crippen LogP contribution in [0.5, 0.6) is 5.75 Å². The molecule has 0 aliphatic carbocycles. The van der Waals surface area contributed by atoms with E-state index in [2.05, 4.69) is 5.32 Å². The first-order valence-electron chi connectivity index (χ1n) is 9.19. The van der Waals surface area contributed by atoms with E-state index in [1.54, 1.807) is 30.0 Å². The number of sulfonamides is 1. The van der Waals surface area contributed by atoms with E-state index in [0.717, 1.165) is 23.1 Å². The van der Waals surface area contributed by atoms with Crippen molar-refractivity contribution in [2.75, 3.05) is 29.4 Å². The molecule has 0 aromatic heterocycles. The minimum Gasteiger partial charge on any atom is -0.476 e. The van der Waals surface area contributed by atoms with Crippen LogP contribution in [0.3, 0.4) is 0 Å². The summed E-state index contributed by atoms with van der Waals surface area (Å²) in [6.07, 6.45) is 0.217. The minimum absolute atomic E-state index is 0.0580. The number of halogens is 2. The van der Waals surface area contributed by atoms with Crippen LogP contribution in [-0.4, -0.2) is 45.5 Å². The number of benzene rings is 2. The normalized spacial score (nSPS) is 16.0. The van der Waals surface area contributed by atoms with Crippen LogP contribution < -0.4 is 14.4 Å². The molecular formula is C20H22Cl2N2O4S2. The van der Waals surface area contributed by atoms with Crippen molar-refractivity contribution in [2.45, 2.75) is 18.8 Å². The van der Waals surface area contributed by atoms with Gasteiger partial charge in [-0.25, -0.2) is 8.42 Å². The molecule has 1 unspecified atom stereocenters. The predicted octanol–water partition coefficient (Wildman–Crippen LogP) is 3.88. The summed E-state index contributed by atoms with van der Waals surface area (Å²) in [4.78, 5) is 12.6. The van der Waals surface area contributed by atoms with E-state index < -0.39 is 16.1 Å². The van der Waals surface area contributed by atoms with Gasteiger partial charge in [0.25, 0.3) is 5.91 Å². The quantitative estimate of drug-likeness (QED) is 0.598. The van der Waals surface area contributed by atoms with Gasteiger partial charge in [-0.1, -0.05) is 35.3 Å². The summed E-state index contributed by atoms with van der Waals surface area (Å²) in [7, 11) is -3.54. The molecule has 3 rings (SSSR count). The van der Waals surface area contributed by atoms with Gasteiger partial charge in [0, 0.05) is 18.1 Å². The summed E-state index contributed by atoms with van der Waals surface area (Å²) in [6, 6.07) is 10.7. The van der Waals surface area contributed by atoms with Gasteiger partial charge in [0.05, 0.1) is 28.5 Å². The lowest BCUT2D eigenvalue weighted by Gasteiger charge is -2.34. The third kappa shape index (κ3) is 5.75. The number of rotatable bonds is 7. The second-order valence-corrected chi connectivity index (χ2v) is 10.8. The maximum atomic E-state index is 12.6. The number of hydrogen-bond donors (Lipinski definition) is 1. The topological polar surface area (TPSA) is 75.7 Å². The van der Waals surface area contributed by atoms with Gasteiger partial charge in [0.2, 0.25) is 10.0 Å². The Hall–Kier alpha value is -1.61. The summed E-state index contributed by atoms with van der Waals surface area (Å²) >= 11 is 13.6. The number of nitrogens with zero attached hydrogens (tertiary/aromatic N) is 1. The molecule has 1 heterocycles. The monoisotopic (exact) mass is 488 g/mol. The van der Waals surface area contributed by atoms with Gasteiger partial charge in [-0.2, -0.15) is 11.8 Å². The average molecular weight is 489 g/mol. The van der Waals surface area contributed by atoms with Gasteiger partial charge in [0.15, 0.2) is 6.10 Å². The maximum Gasteiger partial charge on any atom is 0.263 e. The van der Waals surface area contributed by atoms with E-state index in [0.29, 0.717) is 33.8 Å². The Morgan fingerprint density at radius 3 is 2.70 bits per heavy atom. The molecule has 6 nitrogen and oxygen atoms in total. The van der Waals surface area contributed by atoms with Gasteiger partial charge in [0.1, 0.15) is 5.75 Å². The molecule has 30 heavy (non-hydrogen) atoms. The van der Waals surface area contributed by atoms with Gasteiger partial charge in [-0.15, -0.1) is 0 Å². The molecule has 1 aliphatic rings. The molecule has 2 aromatic rings. The fraction of sp³-hybridized carbons (Fsp3) is 0.350. The molecule has 1 N–H and O–H groups in total. The van der Waals surface area contributed by atoms with Crippen LogP contribution in [-0.2, 0) is 20.6 Å². The molecule has 1 amide bonds. The largest absolute Gasteiger partial charge is 0.476 e. The molecule has 2 aromatic carbocycles. The lowest BCUT2D eigenvalue weighted by Crippen LogP contribution is -2.50. The van der Waals surface area contributed by atoms with Crippen LogP contribution in [0.15, 0.2) is 36.4 Å². The first kappa shape index (κ1) is 23.1. The highest BCUT2D eigenvalue weighted by Crippen LogP contribution is 2.35. The van der Waals surface area contributed by atoms with E-state index in [4.69, 9.17) is 27.9 Å². The molecule has 0 fully saturated rings. The number of carbonyl (C=O) groups is 1. The first-order valence-corrected chi connectivity index (χ1v) is 13.0. The van der Waals surface area contributed by atoms with Crippen LogP contribution in [0.1, 0.15) is 11.1 Å². The van der Waals surface area contributed by atoms with E-state index in [1.807, 2.05) is 25.1 Å². The number of ether oxygens (including phenoxy) is 1. The number of thioether (sulfide) groups is 1. The SMILES string of the molecule is Cc1ccc2c(c1)N(S(C)(=O)=O)CC(C(=O)NCCSCc1ccc(Cl)c(Cl)c1)O2. The summed E-state index contributed by atoms with van der Waals surface area (Å²) in [5.41, 5.74) is 2.42. The Bertz CT molecular complexity index is 1050. The van der Waals surface area contributed by atoms with Crippen LogP contribution >= 0.6 is 35.0 Å². The number of aryl methyl sites for hydroxylation is 1. The van der Waals surface area contributed by atoms with Crippen LogP contribution in [0.4, 0.5) is 5.69 Å². The molecule has 0 bridgehead atoms. The van der Waals surface area contributed by atoms with Crippen molar-refractivity contribution in [3.63, 3.8) is 0 Å². The molecule has 1 aliphatic heterocycles. The van der Waals surface area contributed by atoms with Gasteiger partial charge in [-0.3, -0.25) is 9.10 Å². The fourth-order valence-electron chi connectivity index (χ4n) is 2.99. The van der Waals surface area contributed by atoms with Crippen molar-refractivity contribution < 1.29 is 17.9 Å². The second-order valence-electron chi connectivity index (χ2n) is 6.96. The Labute approximate surface area is 190 Å².